The summed E-state index contributed by atoms with van der Waals surface area (Å²) in [5.41, 5.74) is 1.59. The van der Waals surface area contributed by atoms with Crippen LogP contribution in [0.15, 0.2) is 12.3 Å². The molecule has 0 radical (unpaired) electrons. The van der Waals surface area contributed by atoms with Crippen LogP contribution in [0.5, 0.6) is 0 Å². The Bertz CT molecular complexity index is 416. The molecule has 1 nitrogen and oxygen atoms in total. The SMILES string of the molecule is CC.CC1=c2cc[nH]c2=CC2CC12.[HH]. The first-order chi connectivity index (χ1) is 6.36. The summed E-state index contributed by atoms with van der Waals surface area (Å²) in [4.78, 5) is 3.27. The molecule has 0 aromatic carbocycles. The molecule has 0 amide bonds. The molecule has 2 unspecified atom stereocenters. The molecule has 0 aliphatic heterocycles. The van der Waals surface area contributed by atoms with Gasteiger partial charge in [0.15, 0.2) is 0 Å². The van der Waals surface area contributed by atoms with Crippen molar-refractivity contribution in [3.8, 4) is 0 Å². The van der Waals surface area contributed by atoms with Crippen LogP contribution in [0.1, 0.15) is 28.6 Å². The lowest BCUT2D eigenvalue weighted by Gasteiger charge is -2.00. The Hall–Kier alpha value is -0.980. The lowest BCUT2D eigenvalue weighted by atomic mass is 10.1. The summed E-state index contributed by atoms with van der Waals surface area (Å²) in [5, 5.41) is 2.80. The molecule has 2 aliphatic rings. The van der Waals surface area contributed by atoms with Gasteiger partial charge in [-0.25, -0.2) is 0 Å². The van der Waals surface area contributed by atoms with Crippen molar-refractivity contribution in [1.82, 2.24) is 4.98 Å². The molecule has 13 heavy (non-hydrogen) atoms. The number of aromatic amines is 1. The van der Waals surface area contributed by atoms with E-state index in [2.05, 4.69) is 24.1 Å². The molecule has 3 rings (SSSR count). The van der Waals surface area contributed by atoms with Gasteiger partial charge in [0, 0.05) is 13.0 Å². The third-order valence-electron chi connectivity index (χ3n) is 2.98. The summed E-state index contributed by atoms with van der Waals surface area (Å²) in [7, 11) is 0. The maximum Gasteiger partial charge on any atom is 0.0415 e. The minimum atomic E-state index is 0. The normalized spacial score (nSPS) is 27.8. The van der Waals surface area contributed by atoms with E-state index < -0.39 is 0 Å². The lowest BCUT2D eigenvalue weighted by molar-refractivity contribution is 1.01. The second-order valence-electron chi connectivity index (χ2n) is 3.66. The van der Waals surface area contributed by atoms with Crippen LogP contribution in [0.4, 0.5) is 0 Å². The summed E-state index contributed by atoms with van der Waals surface area (Å²) in [6.45, 7) is 6.27. The first-order valence-electron chi connectivity index (χ1n) is 5.22. The fraction of sp³-hybridized carbons (Fsp3) is 0.500. The Balaban J connectivity index is 0.000000309. The molecular weight excluding hydrogens is 158 g/mol. The Kier molecular flexibility index (Phi) is 2.03. The minimum Gasteiger partial charge on any atom is -0.361 e. The highest BCUT2D eigenvalue weighted by atomic mass is 14.7. The monoisotopic (exact) mass is 177 g/mol. The van der Waals surface area contributed by atoms with E-state index in [1.807, 2.05) is 20.0 Å². The maximum atomic E-state index is 3.27. The molecule has 0 saturated heterocycles. The van der Waals surface area contributed by atoms with Crippen LogP contribution in [0.3, 0.4) is 0 Å². The quantitative estimate of drug-likeness (QED) is 0.623. The largest absolute Gasteiger partial charge is 0.361 e. The van der Waals surface area contributed by atoms with E-state index in [0.29, 0.717) is 0 Å². The van der Waals surface area contributed by atoms with Gasteiger partial charge in [0.1, 0.15) is 0 Å². The number of fused-ring (bicyclic) bond motifs is 2. The Morgan fingerprint density at radius 2 is 2.23 bits per heavy atom. The van der Waals surface area contributed by atoms with Crippen molar-refractivity contribution in [2.24, 2.45) is 11.8 Å². The minimum absolute atomic E-state index is 0. The highest BCUT2D eigenvalue weighted by Gasteiger charge is 2.38. The van der Waals surface area contributed by atoms with Crippen LogP contribution in [0.2, 0.25) is 0 Å². The Labute approximate surface area is 80.7 Å². The number of nitrogens with one attached hydrogen (secondary N) is 1. The van der Waals surface area contributed by atoms with E-state index in [9.17, 15) is 0 Å². The summed E-state index contributed by atoms with van der Waals surface area (Å²) in [6.07, 6.45) is 5.80. The van der Waals surface area contributed by atoms with Gasteiger partial charge in [-0.3, -0.25) is 0 Å². The van der Waals surface area contributed by atoms with E-state index in [1.54, 1.807) is 5.57 Å². The van der Waals surface area contributed by atoms with E-state index in [4.69, 9.17) is 0 Å². The van der Waals surface area contributed by atoms with Crippen LogP contribution in [0.25, 0.3) is 11.6 Å². The molecule has 1 aromatic rings. The standard InChI is InChI=1S/C10H11N.C2H6.H2/c1-6-8-2-3-11-10(8)5-7-4-9(6)7;1-2;/h2-3,5,7,9,11H,4H2,1H3;1-2H3;1H. The van der Waals surface area contributed by atoms with Crippen molar-refractivity contribution >= 4 is 11.6 Å². The first-order valence-corrected chi connectivity index (χ1v) is 5.22. The van der Waals surface area contributed by atoms with Gasteiger partial charge in [0.25, 0.3) is 0 Å². The zero-order valence-corrected chi connectivity index (χ0v) is 8.59. The van der Waals surface area contributed by atoms with Gasteiger partial charge in [0.05, 0.1) is 0 Å². The zero-order valence-electron chi connectivity index (χ0n) is 8.59. The summed E-state index contributed by atoms with van der Waals surface area (Å²) >= 11 is 0. The van der Waals surface area contributed by atoms with Gasteiger partial charge >= 0.3 is 0 Å². The van der Waals surface area contributed by atoms with Gasteiger partial charge in [-0.2, -0.15) is 0 Å². The molecule has 1 heterocycles. The number of hydrogen-bond acceptors (Lipinski definition) is 0. The second kappa shape index (κ2) is 3.06. The van der Waals surface area contributed by atoms with Crippen molar-refractivity contribution in [3.05, 3.63) is 22.8 Å². The summed E-state index contributed by atoms with van der Waals surface area (Å²) in [5.74, 6) is 1.75. The topological polar surface area (TPSA) is 15.8 Å². The summed E-state index contributed by atoms with van der Waals surface area (Å²) in [6, 6.07) is 2.19. The van der Waals surface area contributed by atoms with Gasteiger partial charge in [-0.05, 0) is 36.5 Å². The van der Waals surface area contributed by atoms with Crippen LogP contribution in [-0.2, 0) is 0 Å². The van der Waals surface area contributed by atoms with Crippen LogP contribution < -0.4 is 10.6 Å². The van der Waals surface area contributed by atoms with Gasteiger partial charge in [-0.15, -0.1) is 0 Å². The molecule has 72 valence electrons. The summed E-state index contributed by atoms with van der Waals surface area (Å²) < 4.78 is 0. The Morgan fingerprint density at radius 3 is 3.00 bits per heavy atom. The van der Waals surface area contributed by atoms with Crippen molar-refractivity contribution in [3.63, 3.8) is 0 Å². The molecule has 1 saturated carbocycles. The van der Waals surface area contributed by atoms with Crippen LogP contribution >= 0.6 is 0 Å². The fourth-order valence-corrected chi connectivity index (χ4v) is 2.17. The third-order valence-corrected chi connectivity index (χ3v) is 2.98. The molecule has 0 spiro atoms. The number of rotatable bonds is 0. The zero-order chi connectivity index (χ0) is 9.42. The average molecular weight is 177 g/mol. The number of H-pyrrole nitrogens is 1. The van der Waals surface area contributed by atoms with Gasteiger partial charge in [-0.1, -0.05) is 25.5 Å². The average Bonchev–Trinajstić information content (AvgIpc) is 2.78. The maximum absolute atomic E-state index is 3.27. The van der Waals surface area contributed by atoms with E-state index in [0.717, 1.165) is 11.8 Å². The molecule has 1 heteroatoms. The molecular formula is C12H19N. The molecule has 1 aromatic heterocycles. The second-order valence-corrected chi connectivity index (χ2v) is 3.66. The van der Waals surface area contributed by atoms with Crippen molar-refractivity contribution in [1.29, 1.82) is 0 Å². The molecule has 2 atom stereocenters. The van der Waals surface area contributed by atoms with E-state index >= 15 is 0 Å². The highest BCUT2D eigenvalue weighted by molar-refractivity contribution is 5.58. The predicted molar refractivity (Wildman–Crippen MR) is 58.6 cm³/mol. The van der Waals surface area contributed by atoms with Crippen molar-refractivity contribution < 1.29 is 1.43 Å². The Morgan fingerprint density at radius 1 is 1.46 bits per heavy atom. The van der Waals surface area contributed by atoms with Crippen molar-refractivity contribution in [2.75, 3.05) is 0 Å². The lowest BCUT2D eigenvalue weighted by Crippen LogP contribution is -2.27. The number of hydrogen-bond donors (Lipinski definition) is 1. The molecule has 1 fully saturated rings. The molecule has 1 N–H and O–H groups in total. The van der Waals surface area contributed by atoms with E-state index in [1.165, 1.54) is 17.0 Å². The third kappa shape index (κ3) is 1.23. The first kappa shape index (κ1) is 8.61. The number of aromatic nitrogens is 1. The van der Waals surface area contributed by atoms with Crippen LogP contribution in [-0.4, -0.2) is 4.98 Å². The highest BCUT2D eigenvalue weighted by Crippen LogP contribution is 2.46. The van der Waals surface area contributed by atoms with Gasteiger partial charge in [0.2, 0.25) is 0 Å². The smallest absolute Gasteiger partial charge is 0.0415 e. The van der Waals surface area contributed by atoms with Crippen molar-refractivity contribution in [2.45, 2.75) is 27.2 Å². The van der Waals surface area contributed by atoms with Gasteiger partial charge < -0.3 is 4.98 Å². The fourth-order valence-electron chi connectivity index (χ4n) is 2.17. The van der Waals surface area contributed by atoms with Crippen LogP contribution in [0, 0.1) is 11.8 Å². The molecule has 0 bridgehead atoms. The predicted octanol–water partition coefficient (Wildman–Crippen LogP) is 1.89. The molecule has 2 aliphatic carbocycles. The van der Waals surface area contributed by atoms with E-state index in [-0.39, 0.29) is 1.43 Å².